The van der Waals surface area contributed by atoms with Gasteiger partial charge in [-0.15, -0.1) is 0 Å². The molecular weight excluding hydrogens is 230 g/mol. The molecule has 1 heteroatoms. The summed E-state index contributed by atoms with van der Waals surface area (Å²) in [6.07, 6.45) is 2.48. The molecule has 0 aromatic heterocycles. The summed E-state index contributed by atoms with van der Waals surface area (Å²) in [5.74, 6) is 0.816. The fraction of sp³-hybridized carbons (Fsp3) is 0.444. The highest BCUT2D eigenvalue weighted by atomic mass is 14.9. The first-order chi connectivity index (χ1) is 9.12. The van der Waals surface area contributed by atoms with Gasteiger partial charge >= 0.3 is 0 Å². The smallest absolute Gasteiger partial charge is 0.0138 e. The van der Waals surface area contributed by atoms with E-state index in [4.69, 9.17) is 0 Å². The minimum atomic E-state index is 0.526. The highest BCUT2D eigenvalue weighted by Gasteiger charge is 2.49. The largest absolute Gasteiger partial charge is 0.316 e. The van der Waals surface area contributed by atoms with Gasteiger partial charge in [-0.05, 0) is 47.6 Å². The number of hydrogen-bond donors (Lipinski definition) is 1. The van der Waals surface area contributed by atoms with E-state index in [1.807, 2.05) is 0 Å². The molecule has 0 bridgehead atoms. The quantitative estimate of drug-likeness (QED) is 0.868. The van der Waals surface area contributed by atoms with E-state index in [2.05, 4.69) is 68.7 Å². The number of rotatable bonds is 4. The van der Waals surface area contributed by atoms with Crippen LogP contribution in [0.25, 0.3) is 10.8 Å². The summed E-state index contributed by atoms with van der Waals surface area (Å²) in [5.41, 5.74) is 2.00. The fourth-order valence-electron chi connectivity index (χ4n) is 3.35. The number of hydrogen-bond acceptors (Lipinski definition) is 1. The van der Waals surface area contributed by atoms with Gasteiger partial charge in [-0.1, -0.05) is 56.3 Å². The van der Waals surface area contributed by atoms with Gasteiger partial charge in [0, 0.05) is 6.04 Å². The molecule has 1 aliphatic rings. The molecule has 0 aliphatic heterocycles. The van der Waals surface area contributed by atoms with E-state index in [0.29, 0.717) is 11.5 Å². The van der Waals surface area contributed by atoms with Crippen molar-refractivity contribution in [3.63, 3.8) is 0 Å². The van der Waals surface area contributed by atoms with Crippen molar-refractivity contribution in [3.8, 4) is 0 Å². The molecule has 3 rings (SSSR count). The second-order valence-electron chi connectivity index (χ2n) is 6.54. The molecule has 100 valence electrons. The molecule has 19 heavy (non-hydrogen) atoms. The van der Waals surface area contributed by atoms with Crippen molar-refractivity contribution >= 4 is 10.8 Å². The molecule has 2 aromatic rings. The van der Waals surface area contributed by atoms with Crippen LogP contribution in [0.1, 0.15) is 25.8 Å². The highest BCUT2D eigenvalue weighted by molar-refractivity contribution is 5.85. The average Bonchev–Trinajstić information content (AvgIpc) is 3.05. The lowest BCUT2D eigenvalue weighted by atomic mass is 9.94. The minimum Gasteiger partial charge on any atom is -0.316 e. The van der Waals surface area contributed by atoms with Crippen LogP contribution in [0.2, 0.25) is 0 Å². The van der Waals surface area contributed by atoms with Crippen LogP contribution in [-0.4, -0.2) is 13.1 Å². The maximum Gasteiger partial charge on any atom is 0.0138 e. The summed E-state index contributed by atoms with van der Waals surface area (Å²) in [5, 5.41) is 6.29. The molecule has 1 saturated carbocycles. The van der Waals surface area contributed by atoms with Crippen LogP contribution < -0.4 is 5.32 Å². The van der Waals surface area contributed by atoms with Gasteiger partial charge in [0.1, 0.15) is 0 Å². The number of nitrogens with one attached hydrogen (secondary N) is 1. The molecule has 0 saturated heterocycles. The minimum absolute atomic E-state index is 0.526. The Bertz CT molecular complexity index is 580. The maximum absolute atomic E-state index is 3.53. The van der Waals surface area contributed by atoms with Gasteiger partial charge in [0.15, 0.2) is 0 Å². The Labute approximate surface area is 116 Å². The lowest BCUT2D eigenvalue weighted by Crippen LogP contribution is -2.31. The topological polar surface area (TPSA) is 12.0 Å². The molecule has 0 spiro atoms. The van der Waals surface area contributed by atoms with Crippen molar-refractivity contribution < 1.29 is 0 Å². The summed E-state index contributed by atoms with van der Waals surface area (Å²) < 4.78 is 0. The van der Waals surface area contributed by atoms with Crippen molar-refractivity contribution in [2.45, 2.75) is 32.7 Å². The van der Waals surface area contributed by atoms with Gasteiger partial charge in [0.25, 0.3) is 0 Å². The Hall–Kier alpha value is -1.34. The molecular formula is C18H23N. The zero-order valence-electron chi connectivity index (χ0n) is 12.1. The maximum atomic E-state index is 3.53. The Kier molecular flexibility index (Phi) is 3.10. The zero-order chi connectivity index (χ0) is 13.5. The third-order valence-electron chi connectivity index (χ3n) is 4.77. The van der Waals surface area contributed by atoms with E-state index >= 15 is 0 Å². The van der Waals surface area contributed by atoms with E-state index < -0.39 is 0 Å². The summed E-state index contributed by atoms with van der Waals surface area (Å²) in [4.78, 5) is 0. The van der Waals surface area contributed by atoms with E-state index in [1.165, 1.54) is 22.8 Å². The first-order valence-corrected chi connectivity index (χ1v) is 7.26. The molecule has 1 nitrogen and oxygen atoms in total. The zero-order valence-corrected chi connectivity index (χ0v) is 12.1. The Morgan fingerprint density at radius 2 is 1.84 bits per heavy atom. The van der Waals surface area contributed by atoms with Crippen LogP contribution in [0.4, 0.5) is 0 Å². The number of likely N-dealkylation sites (N-methyl/N-ethyl adjacent to an activating group) is 1. The molecule has 1 aliphatic carbocycles. The normalized spacial score (nSPS) is 22.4. The van der Waals surface area contributed by atoms with Crippen molar-refractivity contribution in [3.05, 3.63) is 48.0 Å². The van der Waals surface area contributed by atoms with Crippen molar-refractivity contribution in [2.24, 2.45) is 11.3 Å². The van der Waals surface area contributed by atoms with Crippen LogP contribution in [0.15, 0.2) is 42.5 Å². The summed E-state index contributed by atoms with van der Waals surface area (Å²) >= 11 is 0. The lowest BCUT2D eigenvalue weighted by molar-refractivity contribution is 0.427. The molecule has 2 unspecified atom stereocenters. The monoisotopic (exact) mass is 253 g/mol. The van der Waals surface area contributed by atoms with E-state index in [9.17, 15) is 0 Å². The van der Waals surface area contributed by atoms with E-state index in [1.54, 1.807) is 0 Å². The van der Waals surface area contributed by atoms with Crippen LogP contribution >= 0.6 is 0 Å². The Balaban J connectivity index is 1.88. The first-order valence-electron chi connectivity index (χ1n) is 7.26. The van der Waals surface area contributed by atoms with Crippen LogP contribution in [-0.2, 0) is 6.42 Å². The molecule has 0 heterocycles. The third-order valence-corrected chi connectivity index (χ3v) is 4.77. The second kappa shape index (κ2) is 4.64. The Morgan fingerprint density at radius 3 is 2.53 bits per heavy atom. The molecule has 0 amide bonds. The van der Waals surface area contributed by atoms with E-state index in [0.717, 1.165) is 12.3 Å². The molecule has 1 N–H and O–H groups in total. The summed E-state index contributed by atoms with van der Waals surface area (Å²) in [6.45, 7) is 4.76. The van der Waals surface area contributed by atoms with Gasteiger partial charge in [0.2, 0.25) is 0 Å². The van der Waals surface area contributed by atoms with Gasteiger partial charge in [-0.25, -0.2) is 0 Å². The standard InChI is InChI=1S/C18H23N/c1-18(2)12-16(18)17(19-3)11-14-9-6-8-13-7-4-5-10-15(13)14/h4-10,16-17,19H,11-12H2,1-3H3. The third kappa shape index (κ3) is 2.40. The van der Waals surface area contributed by atoms with Crippen LogP contribution in [0.5, 0.6) is 0 Å². The van der Waals surface area contributed by atoms with Gasteiger partial charge in [-0.2, -0.15) is 0 Å². The van der Waals surface area contributed by atoms with Crippen molar-refractivity contribution in [1.29, 1.82) is 0 Å². The van der Waals surface area contributed by atoms with Gasteiger partial charge in [0.05, 0.1) is 0 Å². The molecule has 2 aromatic carbocycles. The number of benzene rings is 2. The van der Waals surface area contributed by atoms with Crippen LogP contribution in [0.3, 0.4) is 0 Å². The summed E-state index contributed by atoms with van der Waals surface area (Å²) in [6, 6.07) is 16.0. The van der Waals surface area contributed by atoms with Gasteiger partial charge < -0.3 is 5.32 Å². The SMILES string of the molecule is CNC(Cc1cccc2ccccc12)C1CC1(C)C. The lowest BCUT2D eigenvalue weighted by Gasteiger charge is -2.19. The average molecular weight is 253 g/mol. The second-order valence-corrected chi connectivity index (χ2v) is 6.54. The van der Waals surface area contributed by atoms with Crippen molar-refractivity contribution in [1.82, 2.24) is 5.32 Å². The highest BCUT2D eigenvalue weighted by Crippen LogP contribution is 2.54. The van der Waals surface area contributed by atoms with Crippen molar-refractivity contribution in [2.75, 3.05) is 7.05 Å². The van der Waals surface area contributed by atoms with Gasteiger partial charge in [-0.3, -0.25) is 0 Å². The predicted octanol–water partition coefficient (Wildman–Crippen LogP) is 4.02. The molecule has 2 atom stereocenters. The molecule has 0 radical (unpaired) electrons. The summed E-state index contributed by atoms with van der Waals surface area (Å²) in [7, 11) is 2.10. The first kappa shape index (κ1) is 12.7. The molecule has 1 fully saturated rings. The van der Waals surface area contributed by atoms with E-state index in [-0.39, 0.29) is 0 Å². The number of fused-ring (bicyclic) bond motifs is 1. The fourth-order valence-corrected chi connectivity index (χ4v) is 3.35. The predicted molar refractivity (Wildman–Crippen MR) is 82.4 cm³/mol. The Morgan fingerprint density at radius 1 is 1.16 bits per heavy atom. The van der Waals surface area contributed by atoms with Crippen LogP contribution in [0, 0.1) is 11.3 Å².